The van der Waals surface area contributed by atoms with Gasteiger partial charge in [-0.05, 0) is 62.7 Å². The Bertz CT molecular complexity index is 833. The number of H-pyrrole nitrogens is 1. The molecule has 0 unspecified atom stereocenters. The average molecular weight is 342 g/mol. The number of nitrogens with one attached hydrogen (secondary N) is 1. The highest BCUT2D eigenvalue weighted by molar-refractivity contribution is 5.72. The van der Waals surface area contributed by atoms with Gasteiger partial charge in [0.15, 0.2) is 0 Å². The number of nitrogens with zero attached hydrogens (tertiary/aromatic N) is 1. The van der Waals surface area contributed by atoms with Crippen molar-refractivity contribution in [3.63, 3.8) is 0 Å². The third kappa shape index (κ3) is 3.00. The van der Waals surface area contributed by atoms with Gasteiger partial charge in [-0.2, -0.15) is 0 Å². The molecule has 0 radical (unpaired) electrons. The van der Waals surface area contributed by atoms with E-state index < -0.39 is 0 Å². The lowest BCUT2D eigenvalue weighted by Gasteiger charge is -2.28. The summed E-state index contributed by atoms with van der Waals surface area (Å²) in [5.41, 5.74) is 1.04. The maximum atomic E-state index is 13.1. The van der Waals surface area contributed by atoms with Gasteiger partial charge in [-0.15, -0.1) is 0 Å². The number of ether oxygens (including phenoxy) is 1. The van der Waals surface area contributed by atoms with Crippen LogP contribution in [0, 0.1) is 5.92 Å². The van der Waals surface area contributed by atoms with Crippen LogP contribution in [0.2, 0.25) is 0 Å². The molecule has 5 heteroatoms. The van der Waals surface area contributed by atoms with Gasteiger partial charge in [0.05, 0.1) is 0 Å². The van der Waals surface area contributed by atoms with Gasteiger partial charge in [0.25, 0.3) is 5.56 Å². The molecular formula is C20H26N2O3. The van der Waals surface area contributed by atoms with E-state index in [9.17, 15) is 9.59 Å². The Morgan fingerprint density at radius 2 is 1.96 bits per heavy atom. The Balaban J connectivity index is 1.72. The molecular weight excluding hydrogens is 316 g/mol. The molecule has 3 aliphatic rings. The smallest absolute Gasteiger partial charge is 0.331 e. The van der Waals surface area contributed by atoms with Crippen LogP contribution >= 0.6 is 0 Å². The van der Waals surface area contributed by atoms with Crippen LogP contribution in [0.3, 0.4) is 0 Å². The number of hydrogen-bond donors (Lipinski definition) is 1. The molecule has 2 saturated carbocycles. The highest BCUT2D eigenvalue weighted by Gasteiger charge is 2.29. The number of hydrogen-bond acceptors (Lipinski definition) is 3. The van der Waals surface area contributed by atoms with Crippen molar-refractivity contribution in [3.8, 4) is 5.88 Å². The zero-order valence-corrected chi connectivity index (χ0v) is 14.8. The Morgan fingerprint density at radius 3 is 2.60 bits per heavy atom. The molecule has 0 saturated heterocycles. The topological polar surface area (TPSA) is 64.1 Å². The molecule has 1 aromatic heterocycles. The Hall–Kier alpha value is -2.04. The first-order valence-corrected chi connectivity index (χ1v) is 9.61. The average Bonchev–Trinajstić information content (AvgIpc) is 3.07. The number of aromatic nitrogens is 2. The van der Waals surface area contributed by atoms with Crippen molar-refractivity contribution in [3.05, 3.63) is 44.3 Å². The monoisotopic (exact) mass is 342 g/mol. The van der Waals surface area contributed by atoms with Crippen LogP contribution < -0.4 is 16.0 Å². The number of aromatic amines is 1. The van der Waals surface area contributed by atoms with Gasteiger partial charge in [0.2, 0.25) is 5.88 Å². The second kappa shape index (κ2) is 6.70. The highest BCUT2D eigenvalue weighted by Crippen LogP contribution is 2.36. The van der Waals surface area contributed by atoms with E-state index in [1.165, 1.54) is 30.3 Å². The lowest BCUT2D eigenvalue weighted by molar-refractivity contribution is 0.291. The van der Waals surface area contributed by atoms with Crippen molar-refractivity contribution >= 4 is 5.57 Å². The van der Waals surface area contributed by atoms with Crippen molar-refractivity contribution in [2.45, 2.75) is 70.8 Å². The Kier molecular flexibility index (Phi) is 4.40. The van der Waals surface area contributed by atoms with Crippen molar-refractivity contribution in [1.82, 2.24) is 9.55 Å². The quantitative estimate of drug-likeness (QED) is 0.902. The SMILES string of the molecule is CC=C1C=C(CCC2CCCC2)c2c([nH]c(=O)n(C3CCC3)c2=O)O1. The van der Waals surface area contributed by atoms with E-state index >= 15 is 0 Å². The van der Waals surface area contributed by atoms with E-state index in [2.05, 4.69) is 4.98 Å². The summed E-state index contributed by atoms with van der Waals surface area (Å²) in [5.74, 6) is 1.78. The van der Waals surface area contributed by atoms with Crippen molar-refractivity contribution in [2.75, 3.05) is 0 Å². The molecule has 1 aliphatic heterocycles. The molecule has 25 heavy (non-hydrogen) atoms. The zero-order valence-electron chi connectivity index (χ0n) is 14.8. The van der Waals surface area contributed by atoms with E-state index in [-0.39, 0.29) is 17.3 Å². The fourth-order valence-electron chi connectivity index (χ4n) is 4.26. The normalized spacial score (nSPS) is 22.4. The van der Waals surface area contributed by atoms with E-state index in [0.717, 1.165) is 43.6 Å². The molecule has 134 valence electrons. The molecule has 2 aliphatic carbocycles. The van der Waals surface area contributed by atoms with Crippen LogP contribution in [-0.2, 0) is 0 Å². The Morgan fingerprint density at radius 1 is 1.20 bits per heavy atom. The largest absolute Gasteiger partial charge is 0.440 e. The lowest BCUT2D eigenvalue weighted by Crippen LogP contribution is -2.42. The molecule has 2 heterocycles. The first-order chi connectivity index (χ1) is 12.2. The van der Waals surface area contributed by atoms with Crippen LogP contribution in [0.4, 0.5) is 0 Å². The Labute approximate surface area is 147 Å². The second-order valence-electron chi connectivity index (χ2n) is 7.55. The minimum atomic E-state index is -0.346. The van der Waals surface area contributed by atoms with Gasteiger partial charge in [-0.25, -0.2) is 4.79 Å². The molecule has 0 atom stereocenters. The maximum Gasteiger partial charge on any atom is 0.331 e. The first kappa shape index (κ1) is 16.4. The molecule has 5 nitrogen and oxygen atoms in total. The molecule has 0 aromatic carbocycles. The number of rotatable bonds is 4. The second-order valence-corrected chi connectivity index (χ2v) is 7.55. The van der Waals surface area contributed by atoms with Crippen LogP contribution in [0.15, 0.2) is 27.5 Å². The number of allylic oxidation sites excluding steroid dienone is 3. The van der Waals surface area contributed by atoms with Gasteiger partial charge in [0.1, 0.15) is 11.3 Å². The van der Waals surface area contributed by atoms with Gasteiger partial charge in [-0.1, -0.05) is 25.7 Å². The van der Waals surface area contributed by atoms with Crippen molar-refractivity contribution < 1.29 is 4.74 Å². The van der Waals surface area contributed by atoms with E-state index in [1.54, 1.807) is 0 Å². The summed E-state index contributed by atoms with van der Waals surface area (Å²) >= 11 is 0. The summed E-state index contributed by atoms with van der Waals surface area (Å²) in [5, 5.41) is 0. The summed E-state index contributed by atoms with van der Waals surface area (Å²) in [6.45, 7) is 1.90. The van der Waals surface area contributed by atoms with Crippen LogP contribution in [0.5, 0.6) is 5.88 Å². The van der Waals surface area contributed by atoms with Gasteiger partial charge in [-0.3, -0.25) is 14.3 Å². The molecule has 2 fully saturated rings. The van der Waals surface area contributed by atoms with Crippen LogP contribution in [0.1, 0.15) is 76.3 Å². The van der Waals surface area contributed by atoms with Crippen LogP contribution in [0.25, 0.3) is 5.57 Å². The van der Waals surface area contributed by atoms with E-state index in [4.69, 9.17) is 4.74 Å². The van der Waals surface area contributed by atoms with Gasteiger partial charge in [0, 0.05) is 6.04 Å². The molecule has 0 spiro atoms. The predicted molar refractivity (Wildman–Crippen MR) is 97.8 cm³/mol. The van der Waals surface area contributed by atoms with Crippen LogP contribution in [-0.4, -0.2) is 9.55 Å². The lowest BCUT2D eigenvalue weighted by atomic mass is 9.91. The number of fused-ring (bicyclic) bond motifs is 1. The minimum Gasteiger partial charge on any atom is -0.440 e. The summed E-state index contributed by atoms with van der Waals surface area (Å²) in [7, 11) is 0. The van der Waals surface area contributed by atoms with Gasteiger partial charge < -0.3 is 4.74 Å². The highest BCUT2D eigenvalue weighted by atomic mass is 16.5. The summed E-state index contributed by atoms with van der Waals surface area (Å²) < 4.78 is 7.16. The third-order valence-corrected chi connectivity index (χ3v) is 5.98. The van der Waals surface area contributed by atoms with E-state index in [1.807, 2.05) is 19.1 Å². The zero-order chi connectivity index (χ0) is 17.4. The maximum absolute atomic E-state index is 13.1. The standard InChI is InChI=1S/C20H26N2O3/c1-2-16-12-14(11-10-13-6-3-4-7-13)17-18(25-16)21-20(24)22(19(17)23)15-8-5-9-15/h2,12-13,15H,3-11H2,1H3,(H,21,24). The third-order valence-electron chi connectivity index (χ3n) is 5.98. The molecule has 1 aromatic rings. The predicted octanol–water partition coefficient (Wildman–Crippen LogP) is 3.91. The molecule has 0 amide bonds. The molecule has 0 bridgehead atoms. The molecule has 1 N–H and O–H groups in total. The summed E-state index contributed by atoms with van der Waals surface area (Å²) in [4.78, 5) is 28.3. The van der Waals surface area contributed by atoms with E-state index in [0.29, 0.717) is 17.2 Å². The fourth-order valence-corrected chi connectivity index (χ4v) is 4.26. The summed E-state index contributed by atoms with van der Waals surface area (Å²) in [6.07, 6.45) is 13.9. The first-order valence-electron chi connectivity index (χ1n) is 9.61. The van der Waals surface area contributed by atoms with Crippen molar-refractivity contribution in [1.29, 1.82) is 0 Å². The molecule has 4 rings (SSSR count). The van der Waals surface area contributed by atoms with Crippen molar-refractivity contribution in [2.24, 2.45) is 5.92 Å². The van der Waals surface area contributed by atoms with Gasteiger partial charge >= 0.3 is 5.69 Å². The summed E-state index contributed by atoms with van der Waals surface area (Å²) in [6, 6.07) is 0.0424. The minimum absolute atomic E-state index is 0.0424. The fraction of sp³-hybridized carbons (Fsp3) is 0.600.